The lowest BCUT2D eigenvalue weighted by Gasteiger charge is -2.20. The molecule has 0 unspecified atom stereocenters. The Labute approximate surface area is 124 Å². The number of likely N-dealkylation sites (tertiary alicyclic amines) is 1. The van der Waals surface area contributed by atoms with Crippen LogP contribution in [-0.2, 0) is 0 Å². The van der Waals surface area contributed by atoms with Crippen molar-refractivity contribution in [3.8, 4) is 5.75 Å². The van der Waals surface area contributed by atoms with Crippen molar-refractivity contribution < 1.29 is 9.64 Å². The van der Waals surface area contributed by atoms with E-state index in [4.69, 9.17) is 4.74 Å². The topological polar surface area (TPSA) is 13.7 Å². The predicted molar refractivity (Wildman–Crippen MR) is 84.9 cm³/mol. The number of nitrogens with one attached hydrogen (secondary N) is 1. The summed E-state index contributed by atoms with van der Waals surface area (Å²) in [6, 6.07) is 6.60. The lowest BCUT2D eigenvalue weighted by molar-refractivity contribution is -0.887. The van der Waals surface area contributed by atoms with E-state index in [2.05, 4.69) is 45.9 Å². The molecule has 1 fully saturated rings. The number of rotatable bonds is 6. The number of hydrogen-bond donors (Lipinski definition) is 1. The van der Waals surface area contributed by atoms with Crippen LogP contribution in [0.3, 0.4) is 0 Å². The van der Waals surface area contributed by atoms with Crippen LogP contribution >= 0.6 is 0 Å². The summed E-state index contributed by atoms with van der Waals surface area (Å²) in [6.45, 7) is 13.6. The summed E-state index contributed by atoms with van der Waals surface area (Å²) in [4.78, 5) is 1.71. The van der Waals surface area contributed by atoms with Crippen molar-refractivity contribution >= 4 is 0 Å². The third kappa shape index (κ3) is 3.76. The smallest absolute Gasteiger partial charge is 0.137 e. The van der Waals surface area contributed by atoms with Gasteiger partial charge in [0, 0.05) is 12.8 Å². The van der Waals surface area contributed by atoms with E-state index >= 15 is 0 Å². The lowest BCUT2D eigenvalue weighted by atomic mass is 9.94. The van der Waals surface area contributed by atoms with E-state index in [0.717, 1.165) is 18.9 Å². The quantitative estimate of drug-likeness (QED) is 0.843. The second kappa shape index (κ2) is 7.12. The maximum Gasteiger partial charge on any atom is 0.137 e. The maximum absolute atomic E-state index is 6.23. The van der Waals surface area contributed by atoms with Crippen LogP contribution in [0.4, 0.5) is 0 Å². The molecule has 1 aromatic carbocycles. The highest BCUT2D eigenvalue weighted by molar-refractivity contribution is 5.44. The third-order valence-corrected chi connectivity index (χ3v) is 4.33. The first kappa shape index (κ1) is 15.4. The zero-order valence-electron chi connectivity index (χ0n) is 13.5. The van der Waals surface area contributed by atoms with E-state index < -0.39 is 0 Å². The zero-order chi connectivity index (χ0) is 14.5. The summed E-state index contributed by atoms with van der Waals surface area (Å²) >= 11 is 0. The van der Waals surface area contributed by atoms with Crippen molar-refractivity contribution in [1.29, 1.82) is 0 Å². The predicted octanol–water partition coefficient (Wildman–Crippen LogP) is 2.99. The highest BCUT2D eigenvalue weighted by Gasteiger charge is 2.18. The van der Waals surface area contributed by atoms with Gasteiger partial charge in [-0.2, -0.15) is 0 Å². The summed E-state index contributed by atoms with van der Waals surface area (Å²) < 4.78 is 6.23. The second-order valence-electron chi connectivity index (χ2n) is 6.63. The average Bonchev–Trinajstić information content (AvgIpc) is 2.91. The Morgan fingerprint density at radius 1 is 1.00 bits per heavy atom. The Balaban J connectivity index is 2.06. The molecule has 0 aromatic heterocycles. The molecular formula is C18H30NO+. The fourth-order valence-electron chi connectivity index (χ4n) is 3.07. The van der Waals surface area contributed by atoms with Crippen LogP contribution in [0, 0.1) is 0 Å². The van der Waals surface area contributed by atoms with Gasteiger partial charge in [0.25, 0.3) is 0 Å². The summed E-state index contributed by atoms with van der Waals surface area (Å²) in [5, 5.41) is 0. The fourth-order valence-corrected chi connectivity index (χ4v) is 3.07. The van der Waals surface area contributed by atoms with Gasteiger partial charge in [-0.1, -0.05) is 45.9 Å². The molecule has 1 saturated heterocycles. The van der Waals surface area contributed by atoms with Crippen LogP contribution in [-0.4, -0.2) is 26.2 Å². The van der Waals surface area contributed by atoms with Gasteiger partial charge in [0.2, 0.25) is 0 Å². The molecule has 1 N–H and O–H groups in total. The molecule has 1 aliphatic heterocycles. The van der Waals surface area contributed by atoms with Gasteiger partial charge in [-0.05, 0) is 23.0 Å². The van der Waals surface area contributed by atoms with Crippen LogP contribution in [0.2, 0.25) is 0 Å². The van der Waals surface area contributed by atoms with Crippen molar-refractivity contribution in [2.75, 3.05) is 26.2 Å². The van der Waals surface area contributed by atoms with E-state index in [9.17, 15) is 0 Å². The summed E-state index contributed by atoms with van der Waals surface area (Å²) in [7, 11) is 0. The van der Waals surface area contributed by atoms with Gasteiger partial charge in [0.1, 0.15) is 18.9 Å². The molecule has 1 aromatic rings. The number of hydrogen-bond acceptors (Lipinski definition) is 1. The largest absolute Gasteiger partial charge is 0.487 e. The van der Waals surface area contributed by atoms with E-state index in [-0.39, 0.29) is 0 Å². The molecule has 20 heavy (non-hydrogen) atoms. The molecule has 1 heterocycles. The monoisotopic (exact) mass is 276 g/mol. The van der Waals surface area contributed by atoms with Crippen molar-refractivity contribution in [1.82, 2.24) is 0 Å². The molecule has 0 amide bonds. The molecule has 0 radical (unpaired) electrons. The van der Waals surface area contributed by atoms with Crippen molar-refractivity contribution in [2.45, 2.75) is 52.4 Å². The maximum atomic E-state index is 6.23. The molecule has 0 atom stereocenters. The van der Waals surface area contributed by atoms with E-state index in [1.54, 1.807) is 4.90 Å². The van der Waals surface area contributed by atoms with Gasteiger partial charge in [-0.3, -0.25) is 0 Å². The molecule has 0 bridgehead atoms. The minimum absolute atomic E-state index is 0.517. The van der Waals surface area contributed by atoms with E-state index in [1.165, 1.54) is 37.1 Å². The lowest BCUT2D eigenvalue weighted by Crippen LogP contribution is -3.10. The van der Waals surface area contributed by atoms with Crippen LogP contribution < -0.4 is 9.64 Å². The minimum Gasteiger partial charge on any atom is -0.487 e. The Morgan fingerprint density at radius 3 is 2.05 bits per heavy atom. The van der Waals surface area contributed by atoms with Crippen LogP contribution in [0.5, 0.6) is 5.75 Å². The zero-order valence-corrected chi connectivity index (χ0v) is 13.5. The Kier molecular flexibility index (Phi) is 5.47. The molecule has 0 spiro atoms. The van der Waals surface area contributed by atoms with E-state index in [0.29, 0.717) is 11.8 Å². The molecule has 2 heteroatoms. The highest BCUT2D eigenvalue weighted by Crippen LogP contribution is 2.34. The first-order valence-corrected chi connectivity index (χ1v) is 8.18. The van der Waals surface area contributed by atoms with Gasteiger partial charge in [-0.15, -0.1) is 0 Å². The fraction of sp³-hybridized carbons (Fsp3) is 0.667. The number of benzene rings is 1. The Bertz CT molecular complexity index is 393. The number of ether oxygens (including phenoxy) is 1. The molecule has 2 nitrogen and oxygen atoms in total. The van der Waals surface area contributed by atoms with Gasteiger partial charge in [-0.25, -0.2) is 0 Å². The first-order chi connectivity index (χ1) is 9.59. The standard InChI is InChI=1S/C18H29NO/c1-14(2)16-8-7-9-17(15(3)4)18(16)20-13-12-19-10-5-6-11-19/h7-9,14-15H,5-6,10-13H2,1-4H3/p+1. The molecule has 1 aliphatic rings. The van der Waals surface area contributed by atoms with Crippen molar-refractivity contribution in [3.05, 3.63) is 29.3 Å². The molecule has 112 valence electrons. The number of quaternary nitrogens is 1. The van der Waals surface area contributed by atoms with Crippen LogP contribution in [0.1, 0.15) is 63.5 Å². The van der Waals surface area contributed by atoms with Gasteiger partial charge in [0.05, 0.1) is 13.1 Å². The summed E-state index contributed by atoms with van der Waals surface area (Å²) in [5.74, 6) is 2.18. The SMILES string of the molecule is CC(C)c1cccc(C(C)C)c1OCC[NH+]1CCCC1. The van der Waals surface area contributed by atoms with Gasteiger partial charge < -0.3 is 9.64 Å². The Morgan fingerprint density at radius 2 is 1.55 bits per heavy atom. The second-order valence-corrected chi connectivity index (χ2v) is 6.63. The van der Waals surface area contributed by atoms with Gasteiger partial charge >= 0.3 is 0 Å². The normalized spacial score (nSPS) is 16.3. The summed E-state index contributed by atoms with van der Waals surface area (Å²) in [6.07, 6.45) is 2.77. The minimum atomic E-state index is 0.517. The first-order valence-electron chi connectivity index (χ1n) is 8.18. The molecule has 0 saturated carbocycles. The average molecular weight is 276 g/mol. The van der Waals surface area contributed by atoms with Gasteiger partial charge in [0.15, 0.2) is 0 Å². The van der Waals surface area contributed by atoms with Crippen molar-refractivity contribution in [3.63, 3.8) is 0 Å². The van der Waals surface area contributed by atoms with E-state index in [1.807, 2.05) is 0 Å². The highest BCUT2D eigenvalue weighted by atomic mass is 16.5. The summed E-state index contributed by atoms with van der Waals surface area (Å²) in [5.41, 5.74) is 2.71. The Hall–Kier alpha value is -1.02. The molecule has 0 aliphatic carbocycles. The third-order valence-electron chi connectivity index (χ3n) is 4.33. The molecular weight excluding hydrogens is 246 g/mol. The molecule has 2 rings (SSSR count). The number of para-hydroxylation sites is 1. The van der Waals surface area contributed by atoms with Crippen LogP contribution in [0.15, 0.2) is 18.2 Å². The van der Waals surface area contributed by atoms with Crippen LogP contribution in [0.25, 0.3) is 0 Å². The van der Waals surface area contributed by atoms with Crippen molar-refractivity contribution in [2.24, 2.45) is 0 Å².